The SMILES string of the molecule is BrCc1nc(-c2ccccc2)oc1-c1ccccc1. The molecule has 0 N–H and O–H groups in total. The molecule has 94 valence electrons. The Labute approximate surface area is 120 Å². The summed E-state index contributed by atoms with van der Waals surface area (Å²) in [6.07, 6.45) is 0. The van der Waals surface area contributed by atoms with Crippen molar-refractivity contribution in [2.75, 3.05) is 0 Å². The maximum absolute atomic E-state index is 5.94. The molecule has 0 bridgehead atoms. The van der Waals surface area contributed by atoms with E-state index in [0.29, 0.717) is 11.2 Å². The quantitative estimate of drug-likeness (QED) is 0.642. The average Bonchev–Trinajstić information content (AvgIpc) is 2.93. The summed E-state index contributed by atoms with van der Waals surface area (Å²) in [4.78, 5) is 4.56. The summed E-state index contributed by atoms with van der Waals surface area (Å²) < 4.78 is 5.94. The van der Waals surface area contributed by atoms with Crippen molar-refractivity contribution in [3.05, 3.63) is 66.4 Å². The number of aromatic nitrogens is 1. The summed E-state index contributed by atoms with van der Waals surface area (Å²) in [5.74, 6) is 1.49. The lowest BCUT2D eigenvalue weighted by Gasteiger charge is -1.97. The van der Waals surface area contributed by atoms with Gasteiger partial charge in [-0.25, -0.2) is 4.98 Å². The van der Waals surface area contributed by atoms with Crippen molar-refractivity contribution in [3.8, 4) is 22.8 Å². The van der Waals surface area contributed by atoms with Crippen LogP contribution in [0.5, 0.6) is 0 Å². The van der Waals surface area contributed by atoms with Gasteiger partial charge in [-0.15, -0.1) is 0 Å². The molecule has 0 amide bonds. The molecule has 1 heterocycles. The van der Waals surface area contributed by atoms with Crippen LogP contribution < -0.4 is 0 Å². The van der Waals surface area contributed by atoms with E-state index < -0.39 is 0 Å². The van der Waals surface area contributed by atoms with Gasteiger partial charge in [-0.2, -0.15) is 0 Å². The van der Waals surface area contributed by atoms with Gasteiger partial charge in [0.2, 0.25) is 5.89 Å². The lowest BCUT2D eigenvalue weighted by atomic mass is 10.1. The highest BCUT2D eigenvalue weighted by molar-refractivity contribution is 9.08. The van der Waals surface area contributed by atoms with Crippen LogP contribution >= 0.6 is 15.9 Å². The molecule has 19 heavy (non-hydrogen) atoms. The minimum atomic E-state index is 0.661. The summed E-state index contributed by atoms with van der Waals surface area (Å²) in [6.45, 7) is 0. The lowest BCUT2D eigenvalue weighted by molar-refractivity contribution is 0.588. The molecule has 0 radical (unpaired) electrons. The largest absolute Gasteiger partial charge is 0.436 e. The average molecular weight is 314 g/mol. The number of hydrogen-bond donors (Lipinski definition) is 0. The molecule has 0 saturated carbocycles. The summed E-state index contributed by atoms with van der Waals surface area (Å²) in [5.41, 5.74) is 2.96. The number of oxazole rings is 1. The Morgan fingerprint density at radius 2 is 1.42 bits per heavy atom. The van der Waals surface area contributed by atoms with Gasteiger partial charge >= 0.3 is 0 Å². The fourth-order valence-electron chi connectivity index (χ4n) is 1.96. The van der Waals surface area contributed by atoms with Crippen molar-refractivity contribution in [2.24, 2.45) is 0 Å². The first kappa shape index (κ1) is 12.2. The fourth-order valence-corrected chi connectivity index (χ4v) is 2.34. The molecule has 0 fully saturated rings. The van der Waals surface area contributed by atoms with Crippen LogP contribution in [0.1, 0.15) is 5.69 Å². The summed E-state index contributed by atoms with van der Waals surface area (Å²) >= 11 is 3.47. The third-order valence-corrected chi connectivity index (χ3v) is 3.41. The predicted molar refractivity (Wildman–Crippen MR) is 80.0 cm³/mol. The zero-order valence-corrected chi connectivity index (χ0v) is 11.8. The van der Waals surface area contributed by atoms with Crippen molar-refractivity contribution in [1.29, 1.82) is 0 Å². The first-order valence-corrected chi connectivity index (χ1v) is 7.17. The molecule has 1 aromatic heterocycles. The van der Waals surface area contributed by atoms with Crippen LogP contribution in [-0.2, 0) is 5.33 Å². The molecule has 3 aromatic rings. The maximum atomic E-state index is 5.94. The van der Waals surface area contributed by atoms with Crippen LogP contribution in [0.3, 0.4) is 0 Å². The normalized spacial score (nSPS) is 10.6. The Balaban J connectivity index is 2.09. The maximum Gasteiger partial charge on any atom is 0.227 e. The van der Waals surface area contributed by atoms with Crippen molar-refractivity contribution in [2.45, 2.75) is 5.33 Å². The van der Waals surface area contributed by atoms with Crippen LogP contribution in [0.4, 0.5) is 0 Å². The van der Waals surface area contributed by atoms with E-state index in [1.54, 1.807) is 0 Å². The van der Waals surface area contributed by atoms with Gasteiger partial charge in [0, 0.05) is 16.5 Å². The van der Waals surface area contributed by atoms with Crippen molar-refractivity contribution >= 4 is 15.9 Å². The number of hydrogen-bond acceptors (Lipinski definition) is 2. The standard InChI is InChI=1S/C16H12BrNO/c17-11-14-15(12-7-3-1-4-8-12)19-16(18-14)13-9-5-2-6-10-13/h1-10H,11H2. The van der Waals surface area contributed by atoms with Crippen LogP contribution in [0.2, 0.25) is 0 Å². The van der Waals surface area contributed by atoms with Crippen LogP contribution in [0.25, 0.3) is 22.8 Å². The topological polar surface area (TPSA) is 26.0 Å². The zero-order valence-electron chi connectivity index (χ0n) is 10.2. The monoisotopic (exact) mass is 313 g/mol. The number of halogens is 1. The van der Waals surface area contributed by atoms with E-state index >= 15 is 0 Å². The van der Waals surface area contributed by atoms with E-state index in [4.69, 9.17) is 4.42 Å². The summed E-state index contributed by atoms with van der Waals surface area (Å²) in [6, 6.07) is 20.0. The Bertz CT molecular complexity index is 662. The minimum Gasteiger partial charge on any atom is -0.436 e. The Morgan fingerprint density at radius 1 is 0.842 bits per heavy atom. The molecule has 0 aliphatic rings. The number of alkyl halides is 1. The van der Waals surface area contributed by atoms with Crippen molar-refractivity contribution in [3.63, 3.8) is 0 Å². The molecule has 0 saturated heterocycles. The third kappa shape index (κ3) is 2.47. The Kier molecular flexibility index (Phi) is 3.47. The van der Waals surface area contributed by atoms with Gasteiger partial charge in [0.25, 0.3) is 0 Å². The van der Waals surface area contributed by atoms with Gasteiger partial charge in [0.15, 0.2) is 5.76 Å². The highest BCUT2D eigenvalue weighted by Gasteiger charge is 2.14. The van der Waals surface area contributed by atoms with Crippen molar-refractivity contribution < 1.29 is 4.42 Å². The van der Waals surface area contributed by atoms with E-state index in [0.717, 1.165) is 22.6 Å². The van der Waals surface area contributed by atoms with E-state index in [2.05, 4.69) is 20.9 Å². The molecule has 2 nitrogen and oxygen atoms in total. The number of rotatable bonds is 3. The molecule has 0 atom stereocenters. The lowest BCUT2D eigenvalue weighted by Crippen LogP contribution is -1.82. The molecular weight excluding hydrogens is 302 g/mol. The highest BCUT2D eigenvalue weighted by atomic mass is 79.9. The van der Waals surface area contributed by atoms with Crippen LogP contribution in [-0.4, -0.2) is 4.98 Å². The second-order valence-electron chi connectivity index (χ2n) is 4.16. The van der Waals surface area contributed by atoms with Gasteiger partial charge in [0.05, 0.1) is 5.69 Å². The second-order valence-corrected chi connectivity index (χ2v) is 4.72. The van der Waals surface area contributed by atoms with Gasteiger partial charge < -0.3 is 4.42 Å². The summed E-state index contributed by atoms with van der Waals surface area (Å²) in [7, 11) is 0. The van der Waals surface area contributed by atoms with Gasteiger partial charge in [-0.1, -0.05) is 64.5 Å². The van der Waals surface area contributed by atoms with Gasteiger partial charge in [0.1, 0.15) is 0 Å². The molecule has 0 aliphatic carbocycles. The van der Waals surface area contributed by atoms with Gasteiger partial charge in [-0.3, -0.25) is 0 Å². The van der Waals surface area contributed by atoms with E-state index in [-0.39, 0.29) is 0 Å². The Morgan fingerprint density at radius 3 is 2.00 bits per heavy atom. The smallest absolute Gasteiger partial charge is 0.227 e. The molecule has 0 unspecified atom stereocenters. The molecule has 0 aliphatic heterocycles. The zero-order chi connectivity index (χ0) is 13.1. The highest BCUT2D eigenvalue weighted by Crippen LogP contribution is 2.30. The van der Waals surface area contributed by atoms with E-state index in [9.17, 15) is 0 Å². The van der Waals surface area contributed by atoms with Crippen LogP contribution in [0.15, 0.2) is 65.1 Å². The second kappa shape index (κ2) is 5.41. The summed E-state index contributed by atoms with van der Waals surface area (Å²) in [5, 5.41) is 0.674. The molecule has 0 spiro atoms. The van der Waals surface area contributed by atoms with E-state index in [1.807, 2.05) is 60.7 Å². The fraction of sp³-hybridized carbons (Fsp3) is 0.0625. The first-order chi connectivity index (χ1) is 9.38. The molecular formula is C16H12BrNO. The molecule has 2 aromatic carbocycles. The predicted octanol–water partition coefficient (Wildman–Crippen LogP) is 4.90. The van der Waals surface area contributed by atoms with Gasteiger partial charge in [-0.05, 0) is 12.1 Å². The first-order valence-electron chi connectivity index (χ1n) is 6.05. The van der Waals surface area contributed by atoms with Crippen molar-refractivity contribution in [1.82, 2.24) is 4.98 Å². The molecule has 3 heteroatoms. The third-order valence-electron chi connectivity index (χ3n) is 2.88. The molecule has 3 rings (SSSR count). The van der Waals surface area contributed by atoms with E-state index in [1.165, 1.54) is 0 Å². The minimum absolute atomic E-state index is 0.661. The number of nitrogens with zero attached hydrogens (tertiary/aromatic N) is 1. The number of benzene rings is 2. The Hall–Kier alpha value is -1.87. The van der Waals surface area contributed by atoms with Crippen LogP contribution in [0, 0.1) is 0 Å².